The van der Waals surface area contributed by atoms with E-state index in [4.69, 9.17) is 0 Å². The minimum atomic E-state index is -0.242. The topological polar surface area (TPSA) is 24.9 Å². The number of pyridine rings is 1. The highest BCUT2D eigenvalue weighted by atomic mass is 79.9. The molecule has 1 N–H and O–H groups in total. The summed E-state index contributed by atoms with van der Waals surface area (Å²) in [6.07, 6.45) is 4.29. The number of hydrogen-bond acceptors (Lipinski definition) is 2. The molecule has 24 heavy (non-hydrogen) atoms. The van der Waals surface area contributed by atoms with Gasteiger partial charge in [0.25, 0.3) is 0 Å². The van der Waals surface area contributed by atoms with Crippen molar-refractivity contribution in [3.05, 3.63) is 74.4 Å². The van der Waals surface area contributed by atoms with Gasteiger partial charge in [0, 0.05) is 24.3 Å². The van der Waals surface area contributed by atoms with Crippen LogP contribution in [0.15, 0.2) is 51.7 Å². The van der Waals surface area contributed by atoms with E-state index in [2.05, 4.69) is 42.2 Å². The van der Waals surface area contributed by atoms with Gasteiger partial charge >= 0.3 is 0 Å². The Kier molecular flexibility index (Phi) is 5.58. The summed E-state index contributed by atoms with van der Waals surface area (Å²) in [5.74, 6) is -0.399. The Morgan fingerprint density at radius 2 is 1.67 bits per heavy atom. The van der Waals surface area contributed by atoms with Gasteiger partial charge in [-0.05, 0) is 91.7 Å². The van der Waals surface area contributed by atoms with Crippen molar-refractivity contribution >= 4 is 42.6 Å². The largest absolute Gasteiger partial charge is 0.312 e. The Balaban J connectivity index is 0.000000141. The van der Waals surface area contributed by atoms with Crippen LogP contribution in [0.5, 0.6) is 0 Å². The van der Waals surface area contributed by atoms with Crippen LogP contribution in [0, 0.1) is 11.6 Å². The maximum Gasteiger partial charge on any atom is 0.138 e. The van der Waals surface area contributed by atoms with Gasteiger partial charge < -0.3 is 5.32 Å². The molecule has 0 fully saturated rings. The fourth-order valence-corrected chi connectivity index (χ4v) is 3.30. The molecule has 0 unspecified atom stereocenters. The van der Waals surface area contributed by atoms with Gasteiger partial charge in [0.2, 0.25) is 0 Å². The Morgan fingerprint density at radius 3 is 2.50 bits per heavy atom. The third-order valence-electron chi connectivity index (χ3n) is 3.81. The predicted octanol–water partition coefficient (Wildman–Crippen LogP) is 5.37. The van der Waals surface area contributed by atoms with Crippen LogP contribution in [0.3, 0.4) is 0 Å². The van der Waals surface area contributed by atoms with E-state index in [-0.39, 0.29) is 11.6 Å². The molecule has 0 atom stereocenters. The number of aromatic nitrogens is 1. The molecule has 2 heterocycles. The normalized spacial score (nSPS) is 13.2. The number of hydrogen-bond donors (Lipinski definition) is 1. The quantitative estimate of drug-likeness (QED) is 0.492. The van der Waals surface area contributed by atoms with Gasteiger partial charge in [0.05, 0.1) is 8.95 Å². The van der Waals surface area contributed by atoms with Crippen molar-refractivity contribution in [3.63, 3.8) is 0 Å². The molecule has 1 aliphatic rings. The molecular weight excluding hydrogens is 442 g/mol. The summed E-state index contributed by atoms with van der Waals surface area (Å²) in [4.78, 5) is 3.94. The Morgan fingerprint density at radius 1 is 0.917 bits per heavy atom. The Bertz CT molecular complexity index is 813. The van der Waals surface area contributed by atoms with Gasteiger partial charge in [-0.2, -0.15) is 0 Å². The van der Waals surface area contributed by atoms with Crippen LogP contribution in [0.2, 0.25) is 0 Å². The first-order valence-electron chi connectivity index (χ1n) is 7.41. The number of fused-ring (bicyclic) bond motifs is 2. The molecule has 2 nitrogen and oxygen atoms in total. The monoisotopic (exact) mass is 454 g/mol. The molecule has 0 aliphatic carbocycles. The molecule has 0 saturated carbocycles. The highest BCUT2D eigenvalue weighted by Gasteiger charge is 2.11. The second-order valence-electron chi connectivity index (χ2n) is 5.45. The highest BCUT2D eigenvalue weighted by molar-refractivity contribution is 9.10. The van der Waals surface area contributed by atoms with Crippen LogP contribution in [0.25, 0.3) is 10.8 Å². The van der Waals surface area contributed by atoms with Gasteiger partial charge in [-0.15, -0.1) is 0 Å². The lowest BCUT2D eigenvalue weighted by Gasteiger charge is -2.17. The van der Waals surface area contributed by atoms with Crippen LogP contribution in [-0.4, -0.2) is 11.5 Å². The van der Waals surface area contributed by atoms with Crippen molar-refractivity contribution in [2.45, 2.75) is 13.0 Å². The van der Waals surface area contributed by atoms with Crippen molar-refractivity contribution < 1.29 is 8.78 Å². The second kappa shape index (κ2) is 7.68. The van der Waals surface area contributed by atoms with E-state index < -0.39 is 0 Å². The third-order valence-corrected chi connectivity index (χ3v) is 5.02. The summed E-state index contributed by atoms with van der Waals surface area (Å²) in [7, 11) is 0. The number of nitrogens with one attached hydrogen (secondary N) is 1. The molecule has 6 heteroatoms. The fraction of sp³-hybridized carbons (Fsp3) is 0.167. The molecule has 1 aromatic heterocycles. The van der Waals surface area contributed by atoms with Gasteiger partial charge in [0.1, 0.15) is 11.6 Å². The molecule has 0 amide bonds. The van der Waals surface area contributed by atoms with Crippen molar-refractivity contribution in [1.82, 2.24) is 10.3 Å². The maximum atomic E-state index is 13.0. The standard InChI is InChI=1S/C9H9BrFN.C9H5BrFN/c2*10-8-3-7-5-12-2-1-6(7)4-9(8)11/h3-4,12H,1-2,5H2;1-5H. The molecule has 4 rings (SSSR count). The van der Waals surface area contributed by atoms with Crippen LogP contribution < -0.4 is 5.32 Å². The van der Waals surface area contributed by atoms with Crippen molar-refractivity contribution in [2.24, 2.45) is 0 Å². The fourth-order valence-electron chi connectivity index (χ4n) is 2.55. The van der Waals surface area contributed by atoms with Crippen LogP contribution in [0.4, 0.5) is 8.78 Å². The van der Waals surface area contributed by atoms with E-state index in [1.807, 2.05) is 6.07 Å². The number of nitrogens with zero attached hydrogens (tertiary/aromatic N) is 1. The number of benzene rings is 2. The first-order valence-corrected chi connectivity index (χ1v) is 8.99. The van der Waals surface area contributed by atoms with E-state index in [9.17, 15) is 8.78 Å². The first-order chi connectivity index (χ1) is 11.5. The SMILES string of the molecule is Fc1cc2c(cc1Br)CNCC2.Fc1cc2ccncc2cc1Br. The molecule has 1 aliphatic heterocycles. The second-order valence-corrected chi connectivity index (χ2v) is 7.16. The van der Waals surface area contributed by atoms with Gasteiger partial charge in [-0.1, -0.05) is 0 Å². The smallest absolute Gasteiger partial charge is 0.138 e. The summed E-state index contributed by atoms with van der Waals surface area (Å²) >= 11 is 6.29. The van der Waals surface area contributed by atoms with Crippen molar-refractivity contribution in [3.8, 4) is 0 Å². The van der Waals surface area contributed by atoms with Gasteiger partial charge in [0.15, 0.2) is 0 Å². The number of halogens is 4. The average molecular weight is 456 g/mol. The van der Waals surface area contributed by atoms with E-state index in [1.54, 1.807) is 30.6 Å². The lowest BCUT2D eigenvalue weighted by Crippen LogP contribution is -2.23. The third kappa shape index (κ3) is 3.99. The molecular formula is C18H14Br2F2N2. The summed E-state index contributed by atoms with van der Waals surface area (Å²) in [6, 6.07) is 8.47. The Hall–Kier alpha value is -1.37. The van der Waals surface area contributed by atoms with Crippen LogP contribution in [-0.2, 0) is 13.0 Å². The lowest BCUT2D eigenvalue weighted by molar-refractivity contribution is 0.600. The first kappa shape index (κ1) is 17.5. The number of rotatable bonds is 0. The van der Waals surface area contributed by atoms with E-state index in [0.29, 0.717) is 8.95 Å². The molecule has 0 radical (unpaired) electrons. The summed E-state index contributed by atoms with van der Waals surface area (Å²) in [5, 5.41) is 5.05. The van der Waals surface area contributed by atoms with Gasteiger partial charge in [-0.25, -0.2) is 8.78 Å². The summed E-state index contributed by atoms with van der Waals surface area (Å²) < 4.78 is 27.1. The van der Waals surface area contributed by atoms with E-state index in [0.717, 1.165) is 35.8 Å². The molecule has 0 bridgehead atoms. The lowest BCUT2D eigenvalue weighted by atomic mass is 10.0. The van der Waals surface area contributed by atoms with E-state index >= 15 is 0 Å². The Labute approximate surface area is 155 Å². The summed E-state index contributed by atoms with van der Waals surface area (Å²) in [6.45, 7) is 1.81. The summed E-state index contributed by atoms with van der Waals surface area (Å²) in [5.41, 5.74) is 2.34. The van der Waals surface area contributed by atoms with Crippen molar-refractivity contribution in [2.75, 3.05) is 6.54 Å². The molecule has 0 saturated heterocycles. The van der Waals surface area contributed by atoms with Crippen LogP contribution >= 0.6 is 31.9 Å². The molecule has 124 valence electrons. The zero-order valence-electron chi connectivity index (χ0n) is 12.6. The maximum absolute atomic E-state index is 13.0. The van der Waals surface area contributed by atoms with Gasteiger partial charge in [-0.3, -0.25) is 4.98 Å². The zero-order valence-corrected chi connectivity index (χ0v) is 15.8. The van der Waals surface area contributed by atoms with Crippen LogP contribution in [0.1, 0.15) is 11.1 Å². The zero-order chi connectivity index (χ0) is 17.1. The highest BCUT2D eigenvalue weighted by Crippen LogP contribution is 2.23. The molecule has 2 aromatic carbocycles. The molecule has 3 aromatic rings. The molecule has 0 spiro atoms. The van der Waals surface area contributed by atoms with Crippen molar-refractivity contribution in [1.29, 1.82) is 0 Å². The van der Waals surface area contributed by atoms with E-state index in [1.165, 1.54) is 11.6 Å². The minimum absolute atomic E-state index is 0.157. The predicted molar refractivity (Wildman–Crippen MR) is 98.9 cm³/mol. The minimum Gasteiger partial charge on any atom is -0.312 e. The average Bonchev–Trinajstić information content (AvgIpc) is 2.57.